The third-order valence-corrected chi connectivity index (χ3v) is 5.93. The third-order valence-electron chi connectivity index (χ3n) is 4.20. The maximum Gasteiger partial charge on any atom is 0.340 e. The number of benzene rings is 2. The van der Waals surface area contributed by atoms with E-state index in [1.54, 1.807) is 6.07 Å². The number of carbonyl (C=O) groups excluding carboxylic acids is 1. The lowest BCUT2D eigenvalue weighted by Gasteiger charge is -2.12. The van der Waals surface area contributed by atoms with E-state index in [0.29, 0.717) is 5.39 Å². The smallest absolute Gasteiger partial charge is 0.340 e. The Morgan fingerprint density at radius 3 is 2.48 bits per heavy atom. The van der Waals surface area contributed by atoms with Crippen LogP contribution in [0.1, 0.15) is 35.7 Å². The maximum absolute atomic E-state index is 12.7. The predicted octanol–water partition coefficient (Wildman–Crippen LogP) is 4.12. The largest absolute Gasteiger partial charge is 0.465 e. The number of carbonyl (C=O) groups is 1. The van der Waals surface area contributed by atoms with Crippen molar-refractivity contribution in [3.8, 4) is 5.75 Å². The summed E-state index contributed by atoms with van der Waals surface area (Å²) in [7, 11) is -3.20. The summed E-state index contributed by atoms with van der Waals surface area (Å²) in [4.78, 5) is 23.1. The fourth-order valence-electron chi connectivity index (χ4n) is 2.81. The van der Waals surface area contributed by atoms with Crippen molar-refractivity contribution >= 4 is 38.7 Å². The van der Waals surface area contributed by atoms with Crippen LogP contribution in [0, 0.1) is 0 Å². The number of methoxy groups -OCH3 is 1. The Morgan fingerprint density at radius 2 is 1.83 bits per heavy atom. The van der Waals surface area contributed by atoms with Gasteiger partial charge in [0.25, 0.3) is 0 Å². The van der Waals surface area contributed by atoms with Crippen LogP contribution in [0.25, 0.3) is 11.0 Å². The molecule has 0 saturated carbocycles. The molecule has 7 nitrogen and oxygen atoms in total. The average molecular weight is 437 g/mol. The summed E-state index contributed by atoms with van der Waals surface area (Å²) in [5, 5.41) is 0.558. The van der Waals surface area contributed by atoms with Gasteiger partial charge < -0.3 is 13.3 Å². The molecular formula is C20H17ClO7S. The first-order valence-corrected chi connectivity index (χ1v) is 10.3. The number of hydrogen-bond donors (Lipinski definition) is 0. The number of esters is 1. The predicted molar refractivity (Wildman–Crippen MR) is 107 cm³/mol. The maximum atomic E-state index is 12.7. The van der Waals surface area contributed by atoms with Gasteiger partial charge in [0.2, 0.25) is 0 Å². The molecule has 29 heavy (non-hydrogen) atoms. The molecule has 0 amide bonds. The normalized spacial score (nSPS) is 11.6. The van der Waals surface area contributed by atoms with Gasteiger partial charge in [0.1, 0.15) is 16.2 Å². The molecule has 3 aromatic rings. The summed E-state index contributed by atoms with van der Waals surface area (Å²) in [6, 6.07) is 9.46. The quantitative estimate of drug-likeness (QED) is 0.337. The van der Waals surface area contributed by atoms with Gasteiger partial charge in [-0.15, -0.1) is 0 Å². The lowest BCUT2D eigenvalue weighted by molar-refractivity contribution is 0.0600. The summed E-state index contributed by atoms with van der Waals surface area (Å²) in [5.41, 5.74) is 0.433. The topological polar surface area (TPSA) is 99.9 Å². The van der Waals surface area contributed by atoms with Crippen molar-refractivity contribution in [1.82, 2.24) is 0 Å². The van der Waals surface area contributed by atoms with Crippen molar-refractivity contribution in [3.05, 3.63) is 69.0 Å². The zero-order valence-electron chi connectivity index (χ0n) is 15.8. The Hall–Kier alpha value is -2.84. The Kier molecular flexibility index (Phi) is 5.68. The molecule has 0 radical (unpaired) electrons. The van der Waals surface area contributed by atoms with E-state index in [4.69, 9.17) is 20.2 Å². The second-order valence-electron chi connectivity index (χ2n) is 6.51. The van der Waals surface area contributed by atoms with Crippen LogP contribution >= 0.6 is 11.6 Å². The first-order chi connectivity index (χ1) is 13.6. The van der Waals surface area contributed by atoms with Crippen molar-refractivity contribution in [1.29, 1.82) is 0 Å². The van der Waals surface area contributed by atoms with Gasteiger partial charge in [-0.2, -0.15) is 8.42 Å². The van der Waals surface area contributed by atoms with Crippen molar-refractivity contribution < 1.29 is 26.5 Å². The second kappa shape index (κ2) is 7.88. The van der Waals surface area contributed by atoms with E-state index in [1.807, 2.05) is 13.8 Å². The summed E-state index contributed by atoms with van der Waals surface area (Å²) < 4.78 is 40.4. The van der Waals surface area contributed by atoms with Crippen LogP contribution in [0.15, 0.2) is 56.6 Å². The van der Waals surface area contributed by atoms with Crippen molar-refractivity contribution in [3.63, 3.8) is 0 Å². The highest BCUT2D eigenvalue weighted by molar-refractivity contribution is 7.87. The third kappa shape index (κ3) is 4.28. The molecule has 152 valence electrons. The summed E-state index contributed by atoms with van der Waals surface area (Å²) >= 11 is 6.00. The lowest BCUT2D eigenvalue weighted by atomic mass is 10.00. The van der Waals surface area contributed by atoms with E-state index in [1.165, 1.54) is 37.4 Å². The first kappa shape index (κ1) is 20.9. The Morgan fingerprint density at radius 1 is 1.10 bits per heavy atom. The van der Waals surface area contributed by atoms with Crippen LogP contribution in [0.4, 0.5) is 0 Å². The summed E-state index contributed by atoms with van der Waals surface area (Å²) in [6.45, 7) is 3.86. The fraction of sp³-hybridized carbons (Fsp3) is 0.200. The number of rotatable bonds is 5. The highest BCUT2D eigenvalue weighted by Crippen LogP contribution is 2.30. The van der Waals surface area contributed by atoms with Crippen molar-refractivity contribution in [2.24, 2.45) is 0 Å². The highest BCUT2D eigenvalue weighted by Gasteiger charge is 2.23. The Bertz CT molecular complexity index is 1260. The molecule has 0 aliphatic rings. The van der Waals surface area contributed by atoms with Gasteiger partial charge in [-0.25, -0.2) is 9.59 Å². The zero-order chi connectivity index (χ0) is 21.3. The van der Waals surface area contributed by atoms with E-state index in [2.05, 4.69) is 4.74 Å². The molecule has 2 aromatic carbocycles. The van der Waals surface area contributed by atoms with Crippen LogP contribution in [-0.4, -0.2) is 21.5 Å². The van der Waals surface area contributed by atoms with Crippen LogP contribution in [-0.2, 0) is 14.9 Å². The molecular weight excluding hydrogens is 420 g/mol. The Labute approximate surface area is 171 Å². The van der Waals surface area contributed by atoms with Gasteiger partial charge in [-0.05, 0) is 41.8 Å². The molecule has 0 N–H and O–H groups in total. The van der Waals surface area contributed by atoms with Gasteiger partial charge in [0.05, 0.1) is 17.7 Å². The minimum absolute atomic E-state index is 0.00478. The van der Waals surface area contributed by atoms with Crippen molar-refractivity contribution in [2.45, 2.75) is 24.7 Å². The molecule has 1 heterocycles. The second-order valence-corrected chi connectivity index (χ2v) is 8.43. The van der Waals surface area contributed by atoms with Gasteiger partial charge in [-0.1, -0.05) is 25.4 Å². The average Bonchev–Trinajstić information content (AvgIpc) is 2.66. The molecule has 3 rings (SSSR count). The van der Waals surface area contributed by atoms with Crippen LogP contribution < -0.4 is 9.81 Å². The Balaban J connectivity index is 2.04. The molecule has 0 aliphatic carbocycles. The fourth-order valence-corrected chi connectivity index (χ4v) is 4.23. The van der Waals surface area contributed by atoms with Gasteiger partial charge in [-0.3, -0.25) is 0 Å². The van der Waals surface area contributed by atoms with Crippen LogP contribution in [0.2, 0.25) is 5.02 Å². The molecule has 1 aromatic heterocycles. The van der Waals surface area contributed by atoms with Crippen LogP contribution in [0.3, 0.4) is 0 Å². The monoisotopic (exact) mass is 436 g/mol. The minimum Gasteiger partial charge on any atom is -0.465 e. The molecule has 0 saturated heterocycles. The van der Waals surface area contributed by atoms with Crippen molar-refractivity contribution in [2.75, 3.05) is 7.11 Å². The van der Waals surface area contributed by atoms with E-state index in [0.717, 1.165) is 11.6 Å². The highest BCUT2D eigenvalue weighted by atomic mass is 35.5. The van der Waals surface area contributed by atoms with E-state index >= 15 is 0 Å². The molecule has 0 fully saturated rings. The molecule has 9 heteroatoms. The number of hydrogen-bond acceptors (Lipinski definition) is 7. The number of halogens is 1. The minimum atomic E-state index is -4.37. The molecule has 0 atom stereocenters. The van der Waals surface area contributed by atoms with E-state index < -0.39 is 21.7 Å². The summed E-state index contributed by atoms with van der Waals surface area (Å²) in [5.74, 6) is -0.718. The number of ether oxygens (including phenoxy) is 1. The van der Waals surface area contributed by atoms with E-state index in [9.17, 15) is 18.0 Å². The lowest BCUT2D eigenvalue weighted by Crippen LogP contribution is -2.12. The molecule has 0 aliphatic heterocycles. The van der Waals surface area contributed by atoms with Gasteiger partial charge in [0.15, 0.2) is 0 Å². The zero-order valence-corrected chi connectivity index (χ0v) is 17.3. The molecule has 0 spiro atoms. The van der Waals surface area contributed by atoms with Crippen LogP contribution in [0.5, 0.6) is 5.75 Å². The van der Waals surface area contributed by atoms with Gasteiger partial charge >= 0.3 is 21.7 Å². The summed E-state index contributed by atoms with van der Waals surface area (Å²) in [6.07, 6.45) is 0. The molecule has 0 unspecified atom stereocenters. The van der Waals surface area contributed by atoms with E-state index in [-0.39, 0.29) is 32.7 Å². The van der Waals surface area contributed by atoms with Gasteiger partial charge in [0, 0.05) is 17.5 Å². The molecule has 0 bridgehead atoms. The number of fused-ring (bicyclic) bond motifs is 1. The first-order valence-electron chi connectivity index (χ1n) is 8.52. The SMILES string of the molecule is COC(=O)c1ccc(Cl)c(S(=O)(=O)Oc2ccc3c(C(C)C)cc(=O)oc3c2)c1. The standard InChI is InChI=1S/C20H17ClO7S/c1-11(2)15-10-19(22)27-17-9-13(5-6-14(15)17)28-29(24,25)18-8-12(20(23)26-3)4-7-16(18)21/h4-11H,1-3H3.